The van der Waals surface area contributed by atoms with Gasteiger partial charge in [-0.2, -0.15) is 5.10 Å². The lowest BCUT2D eigenvalue weighted by Crippen LogP contribution is -2.25. The number of rotatable bonds is 4. The van der Waals surface area contributed by atoms with E-state index in [1.807, 2.05) is 0 Å². The molecule has 0 spiro atoms. The van der Waals surface area contributed by atoms with Gasteiger partial charge in [-0.05, 0) is 18.8 Å². The molecular weight excluding hydrogens is 194 g/mol. The largest absolute Gasteiger partial charge is 0.481 e. The van der Waals surface area contributed by atoms with Crippen LogP contribution in [-0.2, 0) is 7.05 Å². The predicted octanol–water partition coefficient (Wildman–Crippen LogP) is 0.568. The number of carbonyl (C=O) groups is 1. The molecule has 1 aliphatic rings. The number of nitrogens with one attached hydrogen (secondary N) is 1. The zero-order valence-electron chi connectivity index (χ0n) is 8.99. The van der Waals surface area contributed by atoms with E-state index in [0.29, 0.717) is 17.5 Å². The maximum absolute atomic E-state index is 11.6. The van der Waals surface area contributed by atoms with Gasteiger partial charge in [0.25, 0.3) is 5.91 Å². The van der Waals surface area contributed by atoms with Crippen molar-refractivity contribution in [3.05, 3.63) is 11.8 Å². The second-order valence-electron chi connectivity index (χ2n) is 3.85. The Kier molecular flexibility index (Phi) is 2.62. The van der Waals surface area contributed by atoms with E-state index in [2.05, 4.69) is 10.4 Å². The molecule has 2 rings (SSSR count). The molecule has 1 amide bonds. The highest BCUT2D eigenvalue weighted by Crippen LogP contribution is 2.27. The van der Waals surface area contributed by atoms with Crippen molar-refractivity contribution in [2.24, 2.45) is 13.0 Å². The molecule has 0 saturated heterocycles. The molecule has 5 nitrogen and oxygen atoms in total. The molecule has 1 aromatic heterocycles. The second-order valence-corrected chi connectivity index (χ2v) is 3.85. The van der Waals surface area contributed by atoms with Crippen molar-refractivity contribution in [1.82, 2.24) is 15.1 Å². The molecule has 1 saturated carbocycles. The van der Waals surface area contributed by atoms with Crippen LogP contribution in [0.15, 0.2) is 6.07 Å². The molecule has 1 N–H and O–H groups in total. The van der Waals surface area contributed by atoms with Gasteiger partial charge in [-0.15, -0.1) is 0 Å². The van der Waals surface area contributed by atoms with Gasteiger partial charge in [0.2, 0.25) is 5.88 Å². The molecule has 1 aromatic rings. The van der Waals surface area contributed by atoms with Gasteiger partial charge < -0.3 is 10.1 Å². The van der Waals surface area contributed by atoms with Crippen LogP contribution in [0.1, 0.15) is 23.3 Å². The fourth-order valence-corrected chi connectivity index (χ4v) is 1.40. The first-order valence-corrected chi connectivity index (χ1v) is 5.07. The number of hydrogen-bond acceptors (Lipinski definition) is 3. The van der Waals surface area contributed by atoms with E-state index in [9.17, 15) is 4.79 Å². The van der Waals surface area contributed by atoms with Crippen LogP contribution in [-0.4, -0.2) is 29.3 Å². The van der Waals surface area contributed by atoms with E-state index >= 15 is 0 Å². The molecule has 0 aromatic carbocycles. The smallest absolute Gasteiger partial charge is 0.271 e. The van der Waals surface area contributed by atoms with Crippen LogP contribution >= 0.6 is 0 Å². The standard InChI is InChI=1S/C10H15N3O2/c1-13-9(15-2)5-8(12-13)10(14)11-6-7-3-4-7/h5,7H,3-4,6H2,1-2H3,(H,11,14). The number of methoxy groups -OCH3 is 1. The number of nitrogens with zero attached hydrogens (tertiary/aromatic N) is 2. The Balaban J connectivity index is 1.97. The van der Waals surface area contributed by atoms with Gasteiger partial charge in [0, 0.05) is 19.7 Å². The summed E-state index contributed by atoms with van der Waals surface area (Å²) in [4.78, 5) is 11.6. The predicted molar refractivity (Wildman–Crippen MR) is 54.8 cm³/mol. The molecule has 82 valence electrons. The van der Waals surface area contributed by atoms with Gasteiger partial charge in [0.1, 0.15) is 0 Å². The average Bonchev–Trinajstić information content (AvgIpc) is 2.97. The number of aromatic nitrogens is 2. The first-order chi connectivity index (χ1) is 7.20. The van der Waals surface area contributed by atoms with Crippen molar-refractivity contribution in [2.45, 2.75) is 12.8 Å². The average molecular weight is 209 g/mol. The van der Waals surface area contributed by atoms with Gasteiger partial charge in [-0.1, -0.05) is 0 Å². The summed E-state index contributed by atoms with van der Waals surface area (Å²) in [5, 5.41) is 6.91. The maximum atomic E-state index is 11.6. The summed E-state index contributed by atoms with van der Waals surface area (Å²) in [6.07, 6.45) is 2.46. The van der Waals surface area contributed by atoms with Crippen LogP contribution in [0.4, 0.5) is 0 Å². The van der Waals surface area contributed by atoms with E-state index in [-0.39, 0.29) is 5.91 Å². The first kappa shape index (κ1) is 10.0. The normalized spacial score (nSPS) is 15.1. The van der Waals surface area contributed by atoms with Crippen molar-refractivity contribution < 1.29 is 9.53 Å². The Hall–Kier alpha value is -1.52. The van der Waals surface area contributed by atoms with Crippen molar-refractivity contribution in [3.8, 4) is 5.88 Å². The van der Waals surface area contributed by atoms with Gasteiger partial charge in [0.15, 0.2) is 5.69 Å². The minimum absolute atomic E-state index is 0.124. The van der Waals surface area contributed by atoms with Crippen molar-refractivity contribution >= 4 is 5.91 Å². The topological polar surface area (TPSA) is 56.1 Å². The molecule has 5 heteroatoms. The lowest BCUT2D eigenvalue weighted by Gasteiger charge is -1.99. The van der Waals surface area contributed by atoms with Gasteiger partial charge in [-0.25, -0.2) is 4.68 Å². The SMILES string of the molecule is COc1cc(C(=O)NCC2CC2)nn1C. The number of ether oxygens (including phenoxy) is 1. The van der Waals surface area contributed by atoms with Crippen molar-refractivity contribution in [1.29, 1.82) is 0 Å². The van der Waals surface area contributed by atoms with Crippen molar-refractivity contribution in [3.63, 3.8) is 0 Å². The Labute approximate surface area is 88.4 Å². The summed E-state index contributed by atoms with van der Waals surface area (Å²) in [6, 6.07) is 1.64. The van der Waals surface area contributed by atoms with Crippen LogP contribution in [0.5, 0.6) is 5.88 Å². The van der Waals surface area contributed by atoms with E-state index in [1.54, 1.807) is 24.9 Å². The Morgan fingerprint density at radius 2 is 2.47 bits per heavy atom. The minimum atomic E-state index is -0.124. The molecular formula is C10H15N3O2. The van der Waals surface area contributed by atoms with Gasteiger partial charge >= 0.3 is 0 Å². The summed E-state index contributed by atoms with van der Waals surface area (Å²) in [7, 11) is 3.30. The number of aryl methyl sites for hydroxylation is 1. The fraction of sp³-hybridized carbons (Fsp3) is 0.600. The number of carbonyl (C=O) groups excluding carboxylic acids is 1. The molecule has 1 heterocycles. The van der Waals surface area contributed by atoms with E-state index < -0.39 is 0 Å². The lowest BCUT2D eigenvalue weighted by molar-refractivity contribution is 0.0946. The molecule has 0 radical (unpaired) electrons. The van der Waals surface area contributed by atoms with Gasteiger partial charge in [0.05, 0.1) is 7.11 Å². The van der Waals surface area contributed by atoms with Crippen LogP contribution in [0.2, 0.25) is 0 Å². The molecule has 0 unspecified atom stereocenters. The van der Waals surface area contributed by atoms with E-state index in [1.165, 1.54) is 12.8 Å². The molecule has 1 fully saturated rings. The lowest BCUT2D eigenvalue weighted by atomic mass is 10.3. The third-order valence-corrected chi connectivity index (χ3v) is 2.53. The molecule has 1 aliphatic carbocycles. The van der Waals surface area contributed by atoms with Crippen molar-refractivity contribution in [2.75, 3.05) is 13.7 Å². The third-order valence-electron chi connectivity index (χ3n) is 2.53. The van der Waals surface area contributed by atoms with Crippen LogP contribution in [0.25, 0.3) is 0 Å². The number of amides is 1. The zero-order chi connectivity index (χ0) is 10.8. The van der Waals surface area contributed by atoms with Crippen LogP contribution in [0.3, 0.4) is 0 Å². The summed E-state index contributed by atoms with van der Waals surface area (Å²) >= 11 is 0. The highest BCUT2D eigenvalue weighted by Gasteiger charge is 2.22. The van der Waals surface area contributed by atoms with Crippen LogP contribution in [0, 0.1) is 5.92 Å². The number of hydrogen-bond donors (Lipinski definition) is 1. The highest BCUT2D eigenvalue weighted by atomic mass is 16.5. The quantitative estimate of drug-likeness (QED) is 0.788. The first-order valence-electron chi connectivity index (χ1n) is 5.07. The summed E-state index contributed by atoms with van der Waals surface area (Å²) in [5.41, 5.74) is 0.412. The molecule has 0 atom stereocenters. The van der Waals surface area contributed by atoms with Gasteiger partial charge in [-0.3, -0.25) is 4.79 Å². The highest BCUT2D eigenvalue weighted by molar-refractivity contribution is 5.92. The summed E-state index contributed by atoms with van der Waals surface area (Å²) in [5.74, 6) is 1.15. The zero-order valence-corrected chi connectivity index (χ0v) is 8.99. The molecule has 15 heavy (non-hydrogen) atoms. The van der Waals surface area contributed by atoms with Crippen LogP contribution < -0.4 is 10.1 Å². The fourth-order valence-electron chi connectivity index (χ4n) is 1.40. The molecule has 0 aliphatic heterocycles. The Morgan fingerprint density at radius 1 is 1.73 bits per heavy atom. The monoisotopic (exact) mass is 209 g/mol. The maximum Gasteiger partial charge on any atom is 0.271 e. The Bertz CT molecular complexity index is 369. The molecule has 0 bridgehead atoms. The van der Waals surface area contributed by atoms with E-state index in [4.69, 9.17) is 4.74 Å². The summed E-state index contributed by atoms with van der Waals surface area (Å²) in [6.45, 7) is 0.762. The minimum Gasteiger partial charge on any atom is -0.481 e. The summed E-state index contributed by atoms with van der Waals surface area (Å²) < 4.78 is 6.58. The third kappa shape index (κ3) is 2.29. The van der Waals surface area contributed by atoms with E-state index in [0.717, 1.165) is 6.54 Å². The second kappa shape index (κ2) is 3.92. The Morgan fingerprint density at radius 3 is 3.00 bits per heavy atom.